The normalized spacial score (nSPS) is 12.3. The molecule has 0 aliphatic carbocycles. The average molecular weight is 667 g/mol. The molecule has 0 saturated carbocycles. The van der Waals surface area contributed by atoms with E-state index in [4.69, 9.17) is 0 Å². The summed E-state index contributed by atoms with van der Waals surface area (Å²) in [5.41, 5.74) is 0. The first-order valence-corrected chi connectivity index (χ1v) is 19.5. The van der Waals surface area contributed by atoms with Crippen LogP contribution in [0.25, 0.3) is 0 Å². The molecule has 0 bridgehead atoms. The van der Waals surface area contributed by atoms with Crippen LogP contribution in [0.4, 0.5) is 0 Å². The maximum Gasteiger partial charge on any atom is 0.220 e. The number of allylic oxidation sites excluding steroid dienone is 12. The molecule has 0 rings (SSSR count). The third-order valence-corrected chi connectivity index (χ3v) is 7.84. The van der Waals surface area contributed by atoms with Crippen molar-refractivity contribution < 1.29 is 9.59 Å². The van der Waals surface area contributed by atoms with Crippen LogP contribution in [0.5, 0.6) is 0 Å². The number of unbranched alkanes of at least 4 members (excludes halogenated alkanes) is 10. The topological polar surface area (TPSA) is 82.3 Å². The van der Waals surface area contributed by atoms with Crippen molar-refractivity contribution in [1.82, 2.24) is 21.3 Å². The predicted molar refractivity (Wildman–Crippen MR) is 210 cm³/mol. The molecule has 0 aliphatic rings. The van der Waals surface area contributed by atoms with Gasteiger partial charge in [-0.05, 0) is 77.0 Å². The smallest absolute Gasteiger partial charge is 0.220 e. The second-order valence-corrected chi connectivity index (χ2v) is 12.4. The highest BCUT2D eigenvalue weighted by atomic mass is 16.2. The lowest BCUT2D eigenvalue weighted by Gasteiger charge is -2.09. The summed E-state index contributed by atoms with van der Waals surface area (Å²) in [6.07, 6.45) is 48.4. The van der Waals surface area contributed by atoms with E-state index in [9.17, 15) is 9.59 Å². The van der Waals surface area contributed by atoms with Gasteiger partial charge >= 0.3 is 0 Å². The second kappa shape index (κ2) is 40.5. The van der Waals surface area contributed by atoms with Gasteiger partial charge in [0.1, 0.15) is 0 Å². The molecule has 0 spiro atoms. The van der Waals surface area contributed by atoms with E-state index in [2.05, 4.69) is 108 Å². The molecule has 0 fully saturated rings. The van der Waals surface area contributed by atoms with Crippen molar-refractivity contribution in [3.8, 4) is 0 Å². The minimum absolute atomic E-state index is 0.158. The zero-order valence-corrected chi connectivity index (χ0v) is 31.1. The lowest BCUT2D eigenvalue weighted by molar-refractivity contribution is -0.122. The summed E-state index contributed by atoms with van der Waals surface area (Å²) < 4.78 is 0. The van der Waals surface area contributed by atoms with Crippen LogP contribution in [0.3, 0.4) is 0 Å². The molecule has 48 heavy (non-hydrogen) atoms. The third kappa shape index (κ3) is 39.5. The summed E-state index contributed by atoms with van der Waals surface area (Å²) >= 11 is 0. The molecular weight excluding hydrogens is 592 g/mol. The van der Waals surface area contributed by atoms with E-state index in [1.165, 1.54) is 38.5 Å². The zero-order valence-electron chi connectivity index (χ0n) is 31.1. The minimum Gasteiger partial charge on any atom is -0.355 e. The van der Waals surface area contributed by atoms with Crippen LogP contribution < -0.4 is 21.3 Å². The molecule has 0 atom stereocenters. The van der Waals surface area contributed by atoms with Gasteiger partial charge in [0, 0.05) is 52.1 Å². The average Bonchev–Trinajstić information content (AvgIpc) is 3.09. The van der Waals surface area contributed by atoms with Crippen molar-refractivity contribution in [2.75, 3.05) is 39.3 Å². The molecule has 0 radical (unpaired) electrons. The Balaban J connectivity index is 3.35. The Morgan fingerprint density at radius 2 is 0.688 bits per heavy atom. The van der Waals surface area contributed by atoms with Crippen LogP contribution in [-0.2, 0) is 9.59 Å². The zero-order chi connectivity index (χ0) is 34.9. The summed E-state index contributed by atoms with van der Waals surface area (Å²) in [5, 5.41) is 12.7. The summed E-state index contributed by atoms with van der Waals surface area (Å²) in [4.78, 5) is 24.1. The molecule has 0 aromatic carbocycles. The molecule has 0 saturated heterocycles. The Morgan fingerprint density at radius 3 is 1.08 bits per heavy atom. The Labute approximate surface area is 296 Å². The minimum atomic E-state index is 0.158. The summed E-state index contributed by atoms with van der Waals surface area (Å²) in [7, 11) is 0. The van der Waals surface area contributed by atoms with Crippen molar-refractivity contribution in [2.24, 2.45) is 0 Å². The maximum absolute atomic E-state index is 12.0. The highest BCUT2D eigenvalue weighted by Gasteiger charge is 2.01. The van der Waals surface area contributed by atoms with Crippen LogP contribution >= 0.6 is 0 Å². The second-order valence-electron chi connectivity index (χ2n) is 12.4. The number of carbonyl (C=O) groups excluding carboxylic acids is 2. The first-order chi connectivity index (χ1) is 23.7. The molecule has 2 amide bonds. The van der Waals surface area contributed by atoms with Crippen molar-refractivity contribution >= 4 is 11.8 Å². The molecule has 6 nitrogen and oxygen atoms in total. The third-order valence-electron chi connectivity index (χ3n) is 7.84. The van der Waals surface area contributed by atoms with Crippen LogP contribution in [-0.4, -0.2) is 51.1 Å². The van der Waals surface area contributed by atoms with Gasteiger partial charge in [-0.1, -0.05) is 125 Å². The molecule has 274 valence electrons. The van der Waals surface area contributed by atoms with Gasteiger partial charge in [0.15, 0.2) is 0 Å². The highest BCUT2D eigenvalue weighted by molar-refractivity contribution is 5.76. The van der Waals surface area contributed by atoms with Crippen molar-refractivity contribution in [2.45, 2.75) is 142 Å². The molecule has 0 aromatic heterocycles. The molecule has 6 heteroatoms. The largest absolute Gasteiger partial charge is 0.355 e. The number of hydrogen-bond acceptors (Lipinski definition) is 4. The highest BCUT2D eigenvalue weighted by Crippen LogP contribution is 2.09. The van der Waals surface area contributed by atoms with Gasteiger partial charge in [0.05, 0.1) is 0 Å². The number of amides is 2. The number of hydrogen-bond donors (Lipinski definition) is 4. The fourth-order valence-electron chi connectivity index (χ4n) is 4.99. The molecule has 0 unspecified atom stereocenters. The molecule has 0 aromatic rings. The van der Waals surface area contributed by atoms with E-state index in [-0.39, 0.29) is 11.8 Å². The predicted octanol–water partition coefficient (Wildman–Crippen LogP) is 9.58. The van der Waals surface area contributed by atoms with Crippen molar-refractivity contribution in [3.63, 3.8) is 0 Å². The number of nitrogens with one attached hydrogen (secondary N) is 4. The maximum atomic E-state index is 12.0. The Morgan fingerprint density at radius 1 is 0.375 bits per heavy atom. The molecule has 0 aliphatic heterocycles. The SMILES string of the molecule is CC/C=C/C/C=C/C/C=C/CCCCCCCC(=O)NCCNCCNCCNC(=O)CCCCCCC/C=C/C/C=C/C/C=C/CC. The Bertz CT molecular complexity index is 816. The lowest BCUT2D eigenvalue weighted by Crippen LogP contribution is -2.37. The molecule has 0 heterocycles. The first kappa shape index (κ1) is 45.3. The van der Waals surface area contributed by atoms with Crippen LogP contribution in [0, 0.1) is 0 Å². The van der Waals surface area contributed by atoms with Gasteiger partial charge in [-0.15, -0.1) is 0 Å². The lowest BCUT2D eigenvalue weighted by atomic mass is 10.1. The molecular formula is C42H74N4O2. The summed E-state index contributed by atoms with van der Waals surface area (Å²) in [6.45, 7) is 8.88. The van der Waals surface area contributed by atoms with Crippen molar-refractivity contribution in [3.05, 3.63) is 72.9 Å². The number of rotatable bonds is 35. The number of carbonyl (C=O) groups is 2. The van der Waals surface area contributed by atoms with E-state index in [0.717, 1.165) is 103 Å². The van der Waals surface area contributed by atoms with Gasteiger partial charge in [-0.2, -0.15) is 0 Å². The van der Waals surface area contributed by atoms with Gasteiger partial charge in [-0.25, -0.2) is 0 Å². The van der Waals surface area contributed by atoms with E-state index >= 15 is 0 Å². The van der Waals surface area contributed by atoms with Crippen LogP contribution in [0.1, 0.15) is 142 Å². The van der Waals surface area contributed by atoms with E-state index < -0.39 is 0 Å². The fourth-order valence-corrected chi connectivity index (χ4v) is 4.99. The van der Waals surface area contributed by atoms with E-state index in [1.807, 2.05) is 0 Å². The van der Waals surface area contributed by atoms with Gasteiger partial charge in [0.25, 0.3) is 0 Å². The first-order valence-electron chi connectivity index (χ1n) is 19.5. The standard InChI is InChI=1S/C42H74N4O2/c1-3-5-7-9-11-13-15-17-19-21-23-25-27-29-31-33-41(47)45-39-37-43-35-36-44-38-40-46-42(48)34-32-30-28-26-24-22-20-18-16-14-12-10-8-6-4-2/h5-8,11-14,17-20,43-44H,3-4,9-10,15-16,21-40H2,1-2H3,(H,45,47)(H,46,48)/b7-5+,8-6+,13-11+,14-12+,19-17+,20-18+. The molecule has 4 N–H and O–H groups in total. The van der Waals surface area contributed by atoms with Gasteiger partial charge in [0.2, 0.25) is 11.8 Å². The fraction of sp³-hybridized carbons (Fsp3) is 0.667. The Kier molecular flexibility index (Phi) is 38.2. The van der Waals surface area contributed by atoms with Gasteiger partial charge in [-0.3, -0.25) is 9.59 Å². The Hall–Kier alpha value is -2.70. The van der Waals surface area contributed by atoms with Crippen LogP contribution in [0.2, 0.25) is 0 Å². The van der Waals surface area contributed by atoms with Crippen LogP contribution in [0.15, 0.2) is 72.9 Å². The summed E-state index contributed by atoms with van der Waals surface area (Å²) in [6, 6.07) is 0. The quantitative estimate of drug-likeness (QED) is 0.0401. The van der Waals surface area contributed by atoms with Gasteiger partial charge < -0.3 is 21.3 Å². The monoisotopic (exact) mass is 667 g/mol. The van der Waals surface area contributed by atoms with Crippen molar-refractivity contribution in [1.29, 1.82) is 0 Å². The van der Waals surface area contributed by atoms with E-state index in [1.54, 1.807) is 0 Å². The summed E-state index contributed by atoms with van der Waals surface area (Å²) in [5.74, 6) is 0.315. The van der Waals surface area contributed by atoms with E-state index in [0.29, 0.717) is 25.9 Å².